The molecule has 0 atom stereocenters. The Morgan fingerprint density at radius 3 is 2.45 bits per heavy atom. The summed E-state index contributed by atoms with van der Waals surface area (Å²) in [6, 6.07) is 20.6. The highest BCUT2D eigenvalue weighted by Gasteiger charge is 2.34. The van der Waals surface area contributed by atoms with Gasteiger partial charge in [0.05, 0.1) is 5.69 Å². The predicted molar refractivity (Wildman–Crippen MR) is 113 cm³/mol. The van der Waals surface area contributed by atoms with Gasteiger partial charge in [-0.05, 0) is 61.0 Å². The summed E-state index contributed by atoms with van der Waals surface area (Å²) < 4.78 is 5.88. The van der Waals surface area contributed by atoms with E-state index < -0.39 is 12.1 Å². The number of carbonyl (C=O) groups is 2. The van der Waals surface area contributed by atoms with Crippen molar-refractivity contribution in [3.8, 4) is 11.5 Å². The molecule has 1 aliphatic rings. The molecule has 146 valence electrons. The van der Waals surface area contributed by atoms with Crippen LogP contribution in [0.15, 0.2) is 72.8 Å². The number of carbonyl (C=O) groups excluding carboxylic acids is 2. The zero-order chi connectivity index (χ0) is 20.4. The van der Waals surface area contributed by atoms with E-state index in [-0.39, 0.29) is 6.67 Å². The Bertz CT molecular complexity index is 1070. The lowest BCUT2D eigenvalue weighted by atomic mass is 10.2. The quantitative estimate of drug-likeness (QED) is 0.616. The second kappa shape index (κ2) is 7.85. The normalized spacial score (nSPS) is 14.0. The van der Waals surface area contributed by atoms with Crippen molar-refractivity contribution in [3.63, 3.8) is 0 Å². The van der Waals surface area contributed by atoms with E-state index in [4.69, 9.17) is 16.3 Å². The van der Waals surface area contributed by atoms with Crippen LogP contribution in [-0.4, -0.2) is 18.7 Å². The maximum absolute atomic E-state index is 13.1. The molecule has 1 saturated heterocycles. The largest absolute Gasteiger partial charge is 0.457 e. The third-order valence-corrected chi connectivity index (χ3v) is 4.76. The first-order chi connectivity index (χ1) is 14.0. The topological polar surface area (TPSA) is 61.9 Å². The number of hydrogen-bond acceptors (Lipinski definition) is 3. The van der Waals surface area contributed by atoms with Crippen molar-refractivity contribution in [2.24, 2.45) is 0 Å². The van der Waals surface area contributed by atoms with Gasteiger partial charge < -0.3 is 10.1 Å². The molecule has 29 heavy (non-hydrogen) atoms. The first-order valence-electron chi connectivity index (χ1n) is 9.01. The number of amides is 4. The number of aryl methyl sites for hydroxylation is 1. The Labute approximate surface area is 173 Å². The fraction of sp³-hybridized carbons (Fsp3) is 0.0909. The Hall–Kier alpha value is -3.51. The van der Waals surface area contributed by atoms with Crippen molar-refractivity contribution in [1.29, 1.82) is 0 Å². The van der Waals surface area contributed by atoms with Crippen LogP contribution in [-0.2, 0) is 0 Å². The number of urea groups is 2. The Balaban J connectivity index is 1.61. The maximum Gasteiger partial charge on any atom is 0.338 e. The average molecular weight is 408 g/mol. The summed E-state index contributed by atoms with van der Waals surface area (Å²) in [5, 5.41) is 3.23. The second-order valence-corrected chi connectivity index (χ2v) is 6.97. The molecule has 7 heteroatoms. The number of rotatable bonds is 4. The predicted octanol–water partition coefficient (Wildman–Crippen LogP) is 5.55. The van der Waals surface area contributed by atoms with Gasteiger partial charge in [0.15, 0.2) is 0 Å². The SMILES string of the molecule is Cc1cc(N2C(=O)NCN(c3cccc(Cl)c3)C2=O)ccc1Oc1ccccc1. The minimum absolute atomic E-state index is 0.0721. The van der Waals surface area contributed by atoms with Crippen molar-refractivity contribution in [3.05, 3.63) is 83.4 Å². The molecular weight excluding hydrogens is 390 g/mol. The van der Waals surface area contributed by atoms with Gasteiger partial charge in [-0.1, -0.05) is 35.9 Å². The molecular formula is C22H18ClN3O3. The van der Waals surface area contributed by atoms with Gasteiger partial charge in [-0.15, -0.1) is 0 Å². The number of nitrogens with zero attached hydrogens (tertiary/aromatic N) is 2. The van der Waals surface area contributed by atoms with Crippen molar-refractivity contribution < 1.29 is 14.3 Å². The molecule has 0 saturated carbocycles. The van der Waals surface area contributed by atoms with Gasteiger partial charge in [0.2, 0.25) is 0 Å². The van der Waals surface area contributed by atoms with Gasteiger partial charge in [0, 0.05) is 10.7 Å². The minimum Gasteiger partial charge on any atom is -0.457 e. The highest BCUT2D eigenvalue weighted by Crippen LogP contribution is 2.31. The number of hydrogen-bond donors (Lipinski definition) is 1. The van der Waals surface area contributed by atoms with Crippen molar-refractivity contribution in [2.75, 3.05) is 16.5 Å². The summed E-state index contributed by atoms with van der Waals surface area (Å²) in [5.41, 5.74) is 1.86. The van der Waals surface area contributed by atoms with Crippen LogP contribution in [0, 0.1) is 6.92 Å². The Morgan fingerprint density at radius 1 is 0.931 bits per heavy atom. The van der Waals surface area contributed by atoms with Gasteiger partial charge in [-0.3, -0.25) is 4.90 Å². The van der Waals surface area contributed by atoms with Gasteiger partial charge in [0.1, 0.15) is 18.2 Å². The highest BCUT2D eigenvalue weighted by molar-refractivity contribution is 6.31. The van der Waals surface area contributed by atoms with E-state index in [2.05, 4.69) is 5.32 Å². The molecule has 6 nitrogen and oxygen atoms in total. The van der Waals surface area contributed by atoms with E-state index in [0.29, 0.717) is 27.9 Å². The molecule has 3 aromatic rings. The van der Waals surface area contributed by atoms with Gasteiger partial charge >= 0.3 is 12.1 Å². The van der Waals surface area contributed by atoms with Crippen LogP contribution in [0.2, 0.25) is 5.02 Å². The molecule has 0 aromatic heterocycles. The molecule has 0 spiro atoms. The van der Waals surface area contributed by atoms with Crippen molar-refractivity contribution >= 4 is 35.0 Å². The molecule has 1 aliphatic heterocycles. The summed E-state index contributed by atoms with van der Waals surface area (Å²) in [5.74, 6) is 1.36. The fourth-order valence-corrected chi connectivity index (χ4v) is 3.26. The Kier molecular flexibility index (Phi) is 5.10. The molecule has 4 amide bonds. The van der Waals surface area contributed by atoms with E-state index in [1.54, 1.807) is 42.5 Å². The lowest BCUT2D eigenvalue weighted by Crippen LogP contribution is -2.60. The average Bonchev–Trinajstić information content (AvgIpc) is 2.71. The molecule has 3 aromatic carbocycles. The zero-order valence-corrected chi connectivity index (χ0v) is 16.4. The van der Waals surface area contributed by atoms with Gasteiger partial charge in [0.25, 0.3) is 0 Å². The third-order valence-electron chi connectivity index (χ3n) is 4.52. The first-order valence-corrected chi connectivity index (χ1v) is 9.39. The fourth-order valence-electron chi connectivity index (χ4n) is 3.08. The van der Waals surface area contributed by atoms with Crippen LogP contribution in [0.4, 0.5) is 21.0 Å². The monoisotopic (exact) mass is 407 g/mol. The number of nitrogens with one attached hydrogen (secondary N) is 1. The van der Waals surface area contributed by atoms with Crippen LogP contribution < -0.4 is 19.9 Å². The van der Waals surface area contributed by atoms with Crippen LogP contribution in [0.1, 0.15) is 5.56 Å². The number of benzene rings is 3. The molecule has 4 rings (SSSR count). The minimum atomic E-state index is -0.482. The van der Waals surface area contributed by atoms with Crippen LogP contribution in [0.3, 0.4) is 0 Å². The summed E-state index contributed by atoms with van der Waals surface area (Å²) in [6.07, 6.45) is 0. The van der Waals surface area contributed by atoms with Gasteiger partial charge in [-0.25, -0.2) is 14.5 Å². The van der Waals surface area contributed by atoms with Crippen LogP contribution in [0.5, 0.6) is 11.5 Å². The number of para-hydroxylation sites is 1. The van der Waals surface area contributed by atoms with Crippen LogP contribution >= 0.6 is 11.6 Å². The van der Waals surface area contributed by atoms with E-state index in [1.165, 1.54) is 4.90 Å². The van der Waals surface area contributed by atoms with Crippen LogP contribution in [0.25, 0.3) is 0 Å². The molecule has 1 fully saturated rings. The van der Waals surface area contributed by atoms with Crippen molar-refractivity contribution in [1.82, 2.24) is 5.32 Å². The standard InChI is InChI=1S/C22H18ClN3O3/c1-15-12-18(10-11-20(15)29-19-8-3-2-4-9-19)26-21(27)24-14-25(22(26)28)17-7-5-6-16(23)13-17/h2-13H,14H2,1H3,(H,24,27). The molecule has 1 N–H and O–H groups in total. The van der Waals surface area contributed by atoms with E-state index in [0.717, 1.165) is 10.5 Å². The molecule has 0 aliphatic carbocycles. The highest BCUT2D eigenvalue weighted by atomic mass is 35.5. The molecule has 0 radical (unpaired) electrons. The second-order valence-electron chi connectivity index (χ2n) is 6.53. The summed E-state index contributed by atoms with van der Waals surface area (Å²) in [6.45, 7) is 1.94. The number of anilines is 2. The lowest BCUT2D eigenvalue weighted by molar-refractivity contribution is 0.231. The summed E-state index contributed by atoms with van der Waals surface area (Å²) in [4.78, 5) is 28.1. The third kappa shape index (κ3) is 3.88. The summed E-state index contributed by atoms with van der Waals surface area (Å²) >= 11 is 6.05. The van der Waals surface area contributed by atoms with Crippen molar-refractivity contribution in [2.45, 2.75) is 6.92 Å². The molecule has 1 heterocycles. The number of ether oxygens (including phenoxy) is 1. The van der Waals surface area contributed by atoms with E-state index in [9.17, 15) is 9.59 Å². The zero-order valence-electron chi connectivity index (χ0n) is 15.6. The summed E-state index contributed by atoms with van der Waals surface area (Å²) in [7, 11) is 0. The first kappa shape index (κ1) is 18.8. The lowest BCUT2D eigenvalue weighted by Gasteiger charge is -2.34. The smallest absolute Gasteiger partial charge is 0.338 e. The number of halogens is 1. The maximum atomic E-state index is 13.1. The van der Waals surface area contributed by atoms with Gasteiger partial charge in [-0.2, -0.15) is 0 Å². The van der Waals surface area contributed by atoms with E-state index >= 15 is 0 Å². The Morgan fingerprint density at radius 2 is 1.72 bits per heavy atom. The molecule has 0 unspecified atom stereocenters. The number of imide groups is 1. The molecule has 0 bridgehead atoms. The van der Waals surface area contributed by atoms with E-state index in [1.807, 2.05) is 37.3 Å².